The topological polar surface area (TPSA) is 49.4 Å². The summed E-state index contributed by atoms with van der Waals surface area (Å²) in [4.78, 5) is 27.3. The molecule has 0 radical (unpaired) electrons. The number of hydrogen-bond donors (Lipinski definition) is 1. The lowest BCUT2D eigenvalue weighted by atomic mass is 10.1. The van der Waals surface area contributed by atoms with Crippen LogP contribution in [-0.4, -0.2) is 23.2 Å². The lowest BCUT2D eigenvalue weighted by Gasteiger charge is -2.18. The van der Waals surface area contributed by atoms with Crippen LogP contribution in [0, 0.1) is 11.7 Å². The van der Waals surface area contributed by atoms with Crippen molar-refractivity contribution in [2.75, 3.05) is 17.3 Å². The quantitative estimate of drug-likeness (QED) is 0.304. The average molecular weight is 576 g/mol. The first-order valence-corrected chi connectivity index (χ1v) is 12.0. The predicted molar refractivity (Wildman–Crippen MR) is 136 cm³/mol. The fraction of sp³-hybridized carbons (Fsp3) is 0.200. The third kappa shape index (κ3) is 5.16. The van der Waals surface area contributed by atoms with Gasteiger partial charge in [-0.15, -0.1) is 23.2 Å². The number of anilines is 2. The molecule has 1 aliphatic carbocycles. The SMILES string of the molecule is CN(C(=O)c1cc(NC(=O)C2C(c3ccc(C(F)F)c(Cl)c3)C2(Cl)Cl)ccc1Cl)c1ccc(F)cc1. The molecular weight excluding hydrogens is 559 g/mol. The van der Waals surface area contributed by atoms with Crippen molar-refractivity contribution in [1.82, 2.24) is 0 Å². The van der Waals surface area contributed by atoms with Gasteiger partial charge in [0.2, 0.25) is 5.91 Å². The van der Waals surface area contributed by atoms with Crippen molar-refractivity contribution in [3.8, 4) is 0 Å². The molecule has 4 nitrogen and oxygen atoms in total. The standard InChI is InChI=1S/C25H17Cl4F3N2O2/c1-34(15-6-3-13(30)4-7-15)24(36)17-11-14(5-9-18(17)26)33-23(35)21-20(25(21,28)29)12-2-8-16(22(31)32)19(27)10-12/h2-11,20-22H,1H3,(H,33,35). The second kappa shape index (κ2) is 10.1. The van der Waals surface area contributed by atoms with Crippen molar-refractivity contribution in [3.63, 3.8) is 0 Å². The van der Waals surface area contributed by atoms with Crippen LogP contribution in [0.1, 0.15) is 33.8 Å². The molecule has 1 aliphatic rings. The molecule has 0 saturated heterocycles. The Balaban J connectivity index is 1.52. The summed E-state index contributed by atoms with van der Waals surface area (Å²) < 4.78 is 37.8. The number of carbonyl (C=O) groups excluding carboxylic acids is 2. The Kier molecular flexibility index (Phi) is 7.49. The zero-order chi connectivity index (χ0) is 26.4. The molecule has 4 rings (SSSR count). The fourth-order valence-corrected chi connectivity index (χ4v) is 5.23. The number of benzene rings is 3. The summed E-state index contributed by atoms with van der Waals surface area (Å²) in [6.45, 7) is 0. The largest absolute Gasteiger partial charge is 0.326 e. The Hall–Kier alpha value is -2.45. The number of nitrogens with zero attached hydrogens (tertiary/aromatic N) is 1. The summed E-state index contributed by atoms with van der Waals surface area (Å²) in [5.41, 5.74) is 0.925. The van der Waals surface area contributed by atoms with E-state index < -0.39 is 40.2 Å². The van der Waals surface area contributed by atoms with E-state index in [2.05, 4.69) is 5.32 Å². The Morgan fingerprint density at radius 3 is 2.25 bits per heavy atom. The number of rotatable bonds is 6. The summed E-state index contributed by atoms with van der Waals surface area (Å²) >= 11 is 24.9. The minimum atomic E-state index is -2.74. The highest BCUT2D eigenvalue weighted by molar-refractivity contribution is 6.53. The molecule has 3 aromatic rings. The number of hydrogen-bond acceptors (Lipinski definition) is 2. The average Bonchev–Trinajstić information content (AvgIpc) is 3.41. The molecule has 0 aromatic heterocycles. The molecule has 1 N–H and O–H groups in total. The number of halogens is 7. The zero-order valence-electron chi connectivity index (χ0n) is 18.4. The molecule has 2 atom stereocenters. The van der Waals surface area contributed by atoms with Gasteiger partial charge in [-0.2, -0.15) is 0 Å². The molecule has 0 aliphatic heterocycles. The number of amides is 2. The molecule has 1 fully saturated rings. The smallest absolute Gasteiger partial charge is 0.265 e. The van der Waals surface area contributed by atoms with Crippen molar-refractivity contribution in [2.24, 2.45) is 5.92 Å². The molecule has 0 spiro atoms. The highest BCUT2D eigenvalue weighted by Crippen LogP contribution is 2.65. The van der Waals surface area contributed by atoms with Crippen molar-refractivity contribution in [2.45, 2.75) is 16.7 Å². The van der Waals surface area contributed by atoms with Crippen LogP contribution in [0.15, 0.2) is 60.7 Å². The van der Waals surface area contributed by atoms with Gasteiger partial charge >= 0.3 is 0 Å². The normalized spacial score (nSPS) is 18.1. The van der Waals surface area contributed by atoms with Crippen LogP contribution >= 0.6 is 46.4 Å². The van der Waals surface area contributed by atoms with Crippen LogP contribution in [0.4, 0.5) is 24.5 Å². The molecule has 2 amide bonds. The molecule has 2 unspecified atom stereocenters. The van der Waals surface area contributed by atoms with Crippen molar-refractivity contribution < 1.29 is 22.8 Å². The van der Waals surface area contributed by atoms with Gasteiger partial charge < -0.3 is 10.2 Å². The maximum absolute atomic E-state index is 13.2. The van der Waals surface area contributed by atoms with E-state index in [1.807, 2.05) is 0 Å². The maximum atomic E-state index is 13.2. The first kappa shape index (κ1) is 26.6. The van der Waals surface area contributed by atoms with Crippen molar-refractivity contribution in [3.05, 3.63) is 93.2 Å². The van der Waals surface area contributed by atoms with E-state index in [-0.39, 0.29) is 26.9 Å². The lowest BCUT2D eigenvalue weighted by molar-refractivity contribution is -0.117. The van der Waals surface area contributed by atoms with Crippen LogP contribution in [0.2, 0.25) is 10.0 Å². The number of nitrogens with one attached hydrogen (secondary N) is 1. The number of carbonyl (C=O) groups is 2. The molecule has 1 saturated carbocycles. The molecule has 188 valence electrons. The minimum absolute atomic E-state index is 0.103. The maximum Gasteiger partial charge on any atom is 0.265 e. The summed E-state index contributed by atoms with van der Waals surface area (Å²) in [7, 11) is 1.51. The third-order valence-electron chi connectivity index (χ3n) is 5.94. The molecule has 36 heavy (non-hydrogen) atoms. The first-order valence-electron chi connectivity index (χ1n) is 10.5. The van der Waals surface area contributed by atoms with Crippen LogP contribution in [0.3, 0.4) is 0 Å². The molecule has 3 aromatic carbocycles. The highest BCUT2D eigenvalue weighted by atomic mass is 35.5. The van der Waals surface area contributed by atoms with Gasteiger partial charge in [-0.3, -0.25) is 9.59 Å². The van der Waals surface area contributed by atoms with Gasteiger partial charge in [-0.25, -0.2) is 13.2 Å². The summed E-state index contributed by atoms with van der Waals surface area (Å²) in [5.74, 6) is -3.03. The van der Waals surface area contributed by atoms with E-state index in [9.17, 15) is 22.8 Å². The lowest BCUT2D eigenvalue weighted by Crippen LogP contribution is -2.26. The molecule has 0 heterocycles. The van der Waals surface area contributed by atoms with Gasteiger partial charge in [-0.05, 0) is 54.1 Å². The monoisotopic (exact) mass is 574 g/mol. The summed E-state index contributed by atoms with van der Waals surface area (Å²) in [6, 6.07) is 13.6. The molecular formula is C25H17Cl4F3N2O2. The van der Waals surface area contributed by atoms with Crippen LogP contribution < -0.4 is 10.2 Å². The second-order valence-corrected chi connectivity index (χ2v) is 10.5. The van der Waals surface area contributed by atoms with Crippen LogP contribution in [-0.2, 0) is 4.79 Å². The first-order chi connectivity index (χ1) is 16.9. The molecule has 0 bridgehead atoms. The number of alkyl halides is 4. The fourth-order valence-electron chi connectivity index (χ4n) is 3.93. The third-order valence-corrected chi connectivity index (χ3v) is 7.53. The van der Waals surface area contributed by atoms with Gasteiger partial charge in [0, 0.05) is 34.9 Å². The Morgan fingerprint density at radius 1 is 0.972 bits per heavy atom. The Bertz CT molecular complexity index is 1340. The van der Waals surface area contributed by atoms with E-state index in [1.165, 1.54) is 72.6 Å². The van der Waals surface area contributed by atoms with E-state index in [4.69, 9.17) is 46.4 Å². The minimum Gasteiger partial charge on any atom is -0.326 e. The summed E-state index contributed by atoms with van der Waals surface area (Å²) in [6.07, 6.45) is -2.74. The van der Waals surface area contributed by atoms with Gasteiger partial charge in [-0.1, -0.05) is 35.3 Å². The van der Waals surface area contributed by atoms with Gasteiger partial charge in [0.15, 0.2) is 0 Å². The zero-order valence-corrected chi connectivity index (χ0v) is 21.4. The van der Waals surface area contributed by atoms with Gasteiger partial charge in [0.05, 0.1) is 16.5 Å². The van der Waals surface area contributed by atoms with E-state index in [0.717, 1.165) is 0 Å². The van der Waals surface area contributed by atoms with E-state index in [0.29, 0.717) is 11.3 Å². The highest BCUT2D eigenvalue weighted by Gasteiger charge is 2.67. The molecule has 11 heteroatoms. The second-order valence-electron chi connectivity index (χ2n) is 8.24. The van der Waals surface area contributed by atoms with Crippen molar-refractivity contribution in [1.29, 1.82) is 0 Å². The Labute approximate surface area is 224 Å². The van der Waals surface area contributed by atoms with Gasteiger partial charge in [0.25, 0.3) is 12.3 Å². The summed E-state index contributed by atoms with van der Waals surface area (Å²) in [5, 5.41) is 2.67. The predicted octanol–water partition coefficient (Wildman–Crippen LogP) is 7.87. The van der Waals surface area contributed by atoms with E-state index >= 15 is 0 Å². The van der Waals surface area contributed by atoms with Crippen LogP contribution in [0.5, 0.6) is 0 Å². The van der Waals surface area contributed by atoms with Crippen molar-refractivity contribution >= 4 is 69.6 Å². The van der Waals surface area contributed by atoms with E-state index in [1.54, 1.807) is 0 Å². The Morgan fingerprint density at radius 2 is 1.64 bits per heavy atom. The van der Waals surface area contributed by atoms with Gasteiger partial charge in [0.1, 0.15) is 10.2 Å². The van der Waals surface area contributed by atoms with Crippen LogP contribution in [0.25, 0.3) is 0 Å².